The van der Waals surface area contributed by atoms with Gasteiger partial charge >= 0.3 is 6.09 Å². The molecule has 1 aliphatic heterocycles. The number of carbonyl (C=O) groups excluding carboxylic acids is 2. The van der Waals surface area contributed by atoms with E-state index in [1.807, 2.05) is 37.3 Å². The fraction of sp³-hybridized carbons (Fsp3) is 0.412. The van der Waals surface area contributed by atoms with Crippen molar-refractivity contribution in [2.24, 2.45) is 5.92 Å². The van der Waals surface area contributed by atoms with Crippen molar-refractivity contribution in [2.75, 3.05) is 6.61 Å². The van der Waals surface area contributed by atoms with Gasteiger partial charge in [0.05, 0.1) is 6.04 Å². The zero-order valence-electron chi connectivity index (χ0n) is 12.3. The van der Waals surface area contributed by atoms with Crippen LogP contribution < -0.4 is 0 Å². The molecule has 1 unspecified atom stereocenters. The predicted octanol–water partition coefficient (Wildman–Crippen LogP) is 3.18. The van der Waals surface area contributed by atoms with Crippen molar-refractivity contribution in [1.82, 2.24) is 4.90 Å². The summed E-state index contributed by atoms with van der Waals surface area (Å²) in [6, 6.07) is 9.62. The minimum atomic E-state index is -0.522. The molecule has 1 saturated heterocycles. The van der Waals surface area contributed by atoms with Gasteiger partial charge in [-0.05, 0) is 24.8 Å². The first-order chi connectivity index (χ1) is 10.1. The quantitative estimate of drug-likeness (QED) is 0.755. The number of allylic oxidation sites excluding steroid dienone is 1. The van der Waals surface area contributed by atoms with Gasteiger partial charge in [-0.3, -0.25) is 4.79 Å². The fourth-order valence-electron chi connectivity index (χ4n) is 2.50. The number of imide groups is 1. The highest BCUT2D eigenvalue weighted by Gasteiger charge is 2.39. The van der Waals surface area contributed by atoms with Crippen molar-refractivity contribution >= 4 is 12.0 Å². The molecule has 0 saturated carbocycles. The average molecular weight is 287 g/mol. The fourth-order valence-corrected chi connectivity index (χ4v) is 2.50. The predicted molar refractivity (Wildman–Crippen MR) is 80.7 cm³/mol. The Morgan fingerprint density at radius 2 is 2.19 bits per heavy atom. The minimum absolute atomic E-state index is 0.153. The van der Waals surface area contributed by atoms with E-state index in [-0.39, 0.29) is 24.5 Å². The van der Waals surface area contributed by atoms with E-state index in [0.717, 1.165) is 12.0 Å². The van der Waals surface area contributed by atoms with E-state index in [4.69, 9.17) is 4.74 Å². The second kappa shape index (κ2) is 7.07. The molecule has 1 aromatic rings. The van der Waals surface area contributed by atoms with Gasteiger partial charge in [-0.1, -0.05) is 43.3 Å². The molecule has 1 heterocycles. The third kappa shape index (κ3) is 3.72. The van der Waals surface area contributed by atoms with Crippen molar-refractivity contribution in [2.45, 2.75) is 32.2 Å². The summed E-state index contributed by atoms with van der Waals surface area (Å²) in [5.41, 5.74) is 1.09. The van der Waals surface area contributed by atoms with E-state index in [1.165, 1.54) is 4.90 Å². The van der Waals surface area contributed by atoms with E-state index in [0.29, 0.717) is 12.8 Å². The molecule has 4 heteroatoms. The van der Waals surface area contributed by atoms with Crippen LogP contribution in [-0.4, -0.2) is 29.5 Å². The molecule has 2 rings (SSSR count). The van der Waals surface area contributed by atoms with Crippen molar-refractivity contribution in [3.8, 4) is 0 Å². The van der Waals surface area contributed by atoms with E-state index < -0.39 is 6.09 Å². The van der Waals surface area contributed by atoms with Crippen molar-refractivity contribution in [3.63, 3.8) is 0 Å². The highest BCUT2D eigenvalue weighted by atomic mass is 16.6. The highest BCUT2D eigenvalue weighted by molar-refractivity contribution is 5.94. The SMILES string of the molecule is C=CCCC(C)C(=O)N1C(=O)OC[C@H]1Cc1ccccc1. The molecule has 0 bridgehead atoms. The Kier molecular flexibility index (Phi) is 5.14. The second-order valence-corrected chi connectivity index (χ2v) is 5.40. The van der Waals surface area contributed by atoms with Crippen LogP contribution in [0.15, 0.2) is 43.0 Å². The Hall–Kier alpha value is -2.10. The van der Waals surface area contributed by atoms with Gasteiger partial charge in [0.1, 0.15) is 6.61 Å². The summed E-state index contributed by atoms with van der Waals surface area (Å²) in [7, 11) is 0. The number of benzene rings is 1. The summed E-state index contributed by atoms with van der Waals surface area (Å²) in [6.07, 6.45) is 3.36. The summed E-state index contributed by atoms with van der Waals surface area (Å²) in [5.74, 6) is -0.354. The number of nitrogens with zero attached hydrogens (tertiary/aromatic N) is 1. The number of carbonyl (C=O) groups is 2. The molecular formula is C17H21NO3. The molecule has 0 N–H and O–H groups in total. The van der Waals surface area contributed by atoms with Crippen LogP contribution in [-0.2, 0) is 16.0 Å². The maximum atomic E-state index is 12.5. The summed E-state index contributed by atoms with van der Waals surface area (Å²) in [6.45, 7) is 5.77. The van der Waals surface area contributed by atoms with Crippen LogP contribution in [0, 0.1) is 5.92 Å². The Morgan fingerprint density at radius 1 is 1.48 bits per heavy atom. The number of amides is 2. The smallest absolute Gasteiger partial charge is 0.416 e. The molecule has 2 atom stereocenters. The first kappa shape index (κ1) is 15.3. The lowest BCUT2D eigenvalue weighted by Gasteiger charge is -2.22. The van der Waals surface area contributed by atoms with E-state index >= 15 is 0 Å². The van der Waals surface area contributed by atoms with Gasteiger partial charge in [0.25, 0.3) is 0 Å². The maximum absolute atomic E-state index is 12.5. The molecule has 0 radical (unpaired) electrons. The van der Waals surface area contributed by atoms with Gasteiger partial charge in [-0.15, -0.1) is 6.58 Å². The van der Waals surface area contributed by atoms with Crippen molar-refractivity contribution in [3.05, 3.63) is 48.6 Å². The first-order valence-electron chi connectivity index (χ1n) is 7.28. The van der Waals surface area contributed by atoms with E-state index in [9.17, 15) is 9.59 Å². The maximum Gasteiger partial charge on any atom is 0.416 e. The largest absolute Gasteiger partial charge is 0.447 e. The molecule has 4 nitrogen and oxygen atoms in total. The van der Waals surface area contributed by atoms with Gasteiger partial charge in [-0.2, -0.15) is 0 Å². The lowest BCUT2D eigenvalue weighted by molar-refractivity contribution is -0.133. The molecule has 0 aliphatic carbocycles. The van der Waals surface area contributed by atoms with Crippen LogP contribution in [0.5, 0.6) is 0 Å². The van der Waals surface area contributed by atoms with Crippen LogP contribution in [0.2, 0.25) is 0 Å². The first-order valence-corrected chi connectivity index (χ1v) is 7.28. The van der Waals surface area contributed by atoms with Crippen LogP contribution in [0.3, 0.4) is 0 Å². The van der Waals surface area contributed by atoms with Gasteiger partial charge in [0.2, 0.25) is 5.91 Å². The molecule has 1 aliphatic rings. The molecule has 112 valence electrons. The van der Waals surface area contributed by atoms with Crippen molar-refractivity contribution in [1.29, 1.82) is 0 Å². The second-order valence-electron chi connectivity index (χ2n) is 5.40. The molecule has 21 heavy (non-hydrogen) atoms. The number of cyclic esters (lactones) is 1. The topological polar surface area (TPSA) is 46.6 Å². The lowest BCUT2D eigenvalue weighted by Crippen LogP contribution is -2.43. The highest BCUT2D eigenvalue weighted by Crippen LogP contribution is 2.21. The molecule has 0 aromatic heterocycles. The van der Waals surface area contributed by atoms with Crippen molar-refractivity contribution < 1.29 is 14.3 Å². The Labute approximate surface area is 125 Å². The zero-order chi connectivity index (χ0) is 15.2. The summed E-state index contributed by atoms with van der Waals surface area (Å²) >= 11 is 0. The number of hydrogen-bond acceptors (Lipinski definition) is 3. The van der Waals surface area contributed by atoms with Crippen LogP contribution >= 0.6 is 0 Å². The monoisotopic (exact) mass is 287 g/mol. The number of rotatable bonds is 6. The van der Waals surface area contributed by atoms with E-state index in [2.05, 4.69) is 6.58 Å². The number of ether oxygens (including phenoxy) is 1. The molecular weight excluding hydrogens is 266 g/mol. The summed E-state index contributed by atoms with van der Waals surface area (Å²) in [5, 5.41) is 0. The molecule has 0 spiro atoms. The van der Waals surface area contributed by atoms with E-state index in [1.54, 1.807) is 6.08 Å². The van der Waals surface area contributed by atoms with Crippen LogP contribution in [0.1, 0.15) is 25.3 Å². The standard InChI is InChI=1S/C17H21NO3/c1-3-4-8-13(2)16(19)18-15(12-21-17(18)20)11-14-9-6-5-7-10-14/h3,5-7,9-10,13,15H,1,4,8,11-12H2,2H3/t13?,15-/m1/s1. The summed E-state index contributed by atoms with van der Waals surface area (Å²) < 4.78 is 5.07. The van der Waals surface area contributed by atoms with Crippen LogP contribution in [0.25, 0.3) is 0 Å². The molecule has 2 amide bonds. The van der Waals surface area contributed by atoms with Crippen LogP contribution in [0.4, 0.5) is 4.79 Å². The normalized spacial score (nSPS) is 19.2. The minimum Gasteiger partial charge on any atom is -0.447 e. The molecule has 1 fully saturated rings. The third-order valence-electron chi connectivity index (χ3n) is 3.74. The zero-order valence-corrected chi connectivity index (χ0v) is 12.3. The van der Waals surface area contributed by atoms with Gasteiger partial charge in [0, 0.05) is 5.92 Å². The Bertz CT molecular complexity index is 512. The average Bonchev–Trinajstić information content (AvgIpc) is 2.85. The summed E-state index contributed by atoms with van der Waals surface area (Å²) in [4.78, 5) is 25.6. The third-order valence-corrected chi connectivity index (χ3v) is 3.74. The van der Waals surface area contributed by atoms with Gasteiger partial charge in [0.15, 0.2) is 0 Å². The number of hydrogen-bond donors (Lipinski definition) is 0. The molecule has 1 aromatic carbocycles. The van der Waals surface area contributed by atoms with Gasteiger partial charge < -0.3 is 4.74 Å². The Morgan fingerprint density at radius 3 is 2.86 bits per heavy atom. The Balaban J connectivity index is 2.06. The lowest BCUT2D eigenvalue weighted by atomic mass is 10.0. The van der Waals surface area contributed by atoms with Gasteiger partial charge in [-0.25, -0.2) is 9.69 Å².